The van der Waals surface area contributed by atoms with E-state index in [1.165, 1.54) is 180 Å². The lowest BCUT2D eigenvalue weighted by molar-refractivity contribution is 0.0685. The molecule has 6 heteroatoms. The van der Waals surface area contributed by atoms with Gasteiger partial charge in [-0.2, -0.15) is 0 Å². The number of carbonyl (C=O) groups is 2. The Morgan fingerprint density at radius 1 is 0.431 bits per heavy atom. The van der Waals surface area contributed by atoms with Crippen molar-refractivity contribution in [3.05, 3.63) is 69.8 Å². The van der Waals surface area contributed by atoms with Crippen molar-refractivity contribution in [2.24, 2.45) is 0 Å². The van der Waals surface area contributed by atoms with Crippen LogP contribution in [0, 0.1) is 23.7 Å². The Morgan fingerprint density at radius 2 is 0.692 bits per heavy atom. The normalized spacial score (nSPS) is 11.3. The highest BCUT2D eigenvalue weighted by Crippen LogP contribution is 2.34. The molecule has 0 radical (unpaired) electrons. The van der Waals surface area contributed by atoms with E-state index in [9.17, 15) is 19.8 Å². The number of hydrogen-bond donors (Lipinski definition) is 2. The summed E-state index contributed by atoms with van der Waals surface area (Å²) in [5.74, 6) is 10.1. The maximum Gasteiger partial charge on any atom is 0.336 e. The van der Waals surface area contributed by atoms with Crippen LogP contribution >= 0.6 is 0 Å². The van der Waals surface area contributed by atoms with Crippen molar-refractivity contribution in [2.75, 3.05) is 26.4 Å². The van der Waals surface area contributed by atoms with Crippen molar-refractivity contribution in [1.29, 1.82) is 0 Å². The van der Waals surface area contributed by atoms with Crippen molar-refractivity contribution in [1.82, 2.24) is 0 Å². The van der Waals surface area contributed by atoms with Gasteiger partial charge in [-0.05, 0) is 48.2 Å². The molecular weight excluding hydrogens is 805 g/mol. The smallest absolute Gasteiger partial charge is 0.336 e. The van der Waals surface area contributed by atoms with E-state index in [1.807, 2.05) is 38.1 Å². The molecule has 0 aliphatic heterocycles. The summed E-state index contributed by atoms with van der Waals surface area (Å²) in [6.07, 6.45) is 42.5. The minimum Gasteiger partial charge on any atom is -0.478 e. The summed E-state index contributed by atoms with van der Waals surface area (Å²) in [7, 11) is 0. The van der Waals surface area contributed by atoms with Gasteiger partial charge in [0.15, 0.2) is 0 Å². The summed E-state index contributed by atoms with van der Waals surface area (Å²) >= 11 is 0. The molecule has 2 N–H and O–H groups in total. The van der Waals surface area contributed by atoms with Crippen LogP contribution in [0.2, 0.25) is 0 Å². The second-order valence-corrected chi connectivity index (χ2v) is 19.1. The van der Waals surface area contributed by atoms with Crippen LogP contribution in [0.4, 0.5) is 0 Å². The highest BCUT2D eigenvalue weighted by Gasteiger charge is 2.26. The number of unbranched alkanes of at least 4 members (excludes halogenated alkanes) is 30. The fraction of sp³-hybridized carbons (Fsp3) is 0.695. The highest BCUT2D eigenvalue weighted by molar-refractivity contribution is 5.91. The molecule has 2 aromatic carbocycles. The minimum atomic E-state index is -1.03. The molecule has 0 heterocycles. The summed E-state index contributed by atoms with van der Waals surface area (Å²) in [4.78, 5) is 24.3. The SMILES string of the molecule is CCCCCCCCCCCCCCCCCCOCC#Cc1cc(C(C)(C)c2ccc(C(=O)O)c(C#CCOCCCCCCCCCCCCCCCCCC)c2)ccc1C(=O)O. The molecule has 0 amide bonds. The first-order valence-corrected chi connectivity index (χ1v) is 26.6. The van der Waals surface area contributed by atoms with Crippen molar-refractivity contribution < 1.29 is 29.3 Å². The van der Waals surface area contributed by atoms with E-state index in [0.717, 1.165) is 36.8 Å². The average Bonchev–Trinajstić information content (AvgIpc) is 3.30. The Morgan fingerprint density at radius 3 is 0.954 bits per heavy atom. The predicted octanol–water partition coefficient (Wildman–Crippen LogP) is 16.7. The van der Waals surface area contributed by atoms with Gasteiger partial charge in [-0.1, -0.05) is 256 Å². The molecule has 0 atom stereocenters. The van der Waals surface area contributed by atoms with Crippen LogP contribution in [0.3, 0.4) is 0 Å². The van der Waals surface area contributed by atoms with Crippen LogP contribution in [-0.4, -0.2) is 48.6 Å². The van der Waals surface area contributed by atoms with E-state index in [1.54, 1.807) is 12.1 Å². The zero-order valence-corrected chi connectivity index (χ0v) is 41.9. The molecule has 364 valence electrons. The molecule has 65 heavy (non-hydrogen) atoms. The fourth-order valence-corrected chi connectivity index (χ4v) is 8.63. The van der Waals surface area contributed by atoms with E-state index in [0.29, 0.717) is 24.3 Å². The zero-order chi connectivity index (χ0) is 47.1. The molecule has 0 aliphatic rings. The number of rotatable bonds is 40. The minimum absolute atomic E-state index is 0.141. The van der Waals surface area contributed by atoms with Crippen LogP contribution in [0.1, 0.15) is 276 Å². The molecule has 0 unspecified atom stereocenters. The number of carboxylic acids is 2. The van der Waals surface area contributed by atoms with Gasteiger partial charge >= 0.3 is 11.9 Å². The molecule has 0 spiro atoms. The number of hydrogen-bond acceptors (Lipinski definition) is 4. The van der Waals surface area contributed by atoms with Crippen molar-refractivity contribution in [3.63, 3.8) is 0 Å². The average molecular weight is 897 g/mol. The van der Waals surface area contributed by atoms with Gasteiger partial charge in [-0.25, -0.2) is 9.59 Å². The third kappa shape index (κ3) is 27.6. The molecule has 0 saturated heterocycles. The molecule has 0 aliphatic carbocycles. The molecule has 0 fully saturated rings. The first-order chi connectivity index (χ1) is 31.7. The third-order valence-corrected chi connectivity index (χ3v) is 13.0. The van der Waals surface area contributed by atoms with E-state index < -0.39 is 17.4 Å². The fourth-order valence-electron chi connectivity index (χ4n) is 8.63. The van der Waals surface area contributed by atoms with E-state index in [2.05, 4.69) is 37.5 Å². The Labute approximate surface area is 398 Å². The molecule has 0 saturated carbocycles. The first kappa shape index (κ1) is 57.5. The molecule has 2 aromatic rings. The Kier molecular flexibility index (Phi) is 34.1. The number of ether oxygens (including phenoxy) is 2. The van der Waals surface area contributed by atoms with Crippen LogP contribution in [0.15, 0.2) is 36.4 Å². The maximum atomic E-state index is 12.1. The summed E-state index contributed by atoms with van der Waals surface area (Å²) in [6.45, 7) is 10.4. The van der Waals surface area contributed by atoms with Crippen LogP contribution in [0.5, 0.6) is 0 Å². The summed E-state index contributed by atoms with van der Waals surface area (Å²) in [5, 5.41) is 19.9. The Hall–Kier alpha value is -3.58. The zero-order valence-electron chi connectivity index (χ0n) is 41.9. The number of benzene rings is 2. The number of carboxylic acid groups (broad SMARTS) is 2. The second-order valence-electron chi connectivity index (χ2n) is 19.1. The Balaban J connectivity index is 1.73. The lowest BCUT2D eigenvalue weighted by Gasteiger charge is -2.27. The van der Waals surface area contributed by atoms with Gasteiger partial charge in [-0.15, -0.1) is 0 Å². The van der Waals surface area contributed by atoms with E-state index >= 15 is 0 Å². The quantitative estimate of drug-likeness (QED) is 0.0511. The van der Waals surface area contributed by atoms with Gasteiger partial charge in [-0.3, -0.25) is 0 Å². The monoisotopic (exact) mass is 897 g/mol. The molecule has 0 bridgehead atoms. The predicted molar refractivity (Wildman–Crippen MR) is 273 cm³/mol. The maximum absolute atomic E-state index is 12.1. The lowest BCUT2D eigenvalue weighted by Crippen LogP contribution is -2.20. The van der Waals surface area contributed by atoms with Crippen molar-refractivity contribution in [2.45, 2.75) is 239 Å². The van der Waals surface area contributed by atoms with Gasteiger partial charge in [0.2, 0.25) is 0 Å². The molecular formula is C59H92O6. The summed E-state index contributed by atoms with van der Waals surface area (Å²) in [5.41, 5.74) is 2.28. The largest absolute Gasteiger partial charge is 0.478 e. The van der Waals surface area contributed by atoms with Crippen molar-refractivity contribution in [3.8, 4) is 23.7 Å². The van der Waals surface area contributed by atoms with E-state index in [4.69, 9.17) is 9.47 Å². The molecule has 2 rings (SSSR count). The summed E-state index contributed by atoms with van der Waals surface area (Å²) in [6, 6.07) is 10.5. The van der Waals surface area contributed by atoms with Gasteiger partial charge in [0, 0.05) is 29.8 Å². The molecule has 0 aromatic heterocycles. The number of aromatic carboxylic acids is 2. The van der Waals surface area contributed by atoms with Crippen LogP contribution in [-0.2, 0) is 14.9 Å². The van der Waals surface area contributed by atoms with Gasteiger partial charge < -0.3 is 19.7 Å². The van der Waals surface area contributed by atoms with Crippen LogP contribution in [0.25, 0.3) is 0 Å². The Bertz CT molecular complexity index is 1550. The topological polar surface area (TPSA) is 93.1 Å². The second kappa shape index (κ2) is 38.5. The van der Waals surface area contributed by atoms with Gasteiger partial charge in [0.05, 0.1) is 11.1 Å². The first-order valence-electron chi connectivity index (χ1n) is 26.6. The van der Waals surface area contributed by atoms with Crippen LogP contribution < -0.4 is 0 Å². The van der Waals surface area contributed by atoms with Gasteiger partial charge in [0.25, 0.3) is 0 Å². The molecule has 6 nitrogen and oxygen atoms in total. The van der Waals surface area contributed by atoms with Gasteiger partial charge in [0.1, 0.15) is 13.2 Å². The lowest BCUT2D eigenvalue weighted by atomic mass is 9.76. The standard InChI is InChI=1S/C59H92O6/c1-5-7-9-11-13-15-17-19-21-23-25-27-29-31-33-35-45-64-47-37-39-51-49-53(41-43-55(51)57(60)61)59(3,4)54-42-44-56(58(62)63)52(50-54)40-38-48-65-46-36-34-32-30-28-26-24-22-20-18-16-14-12-10-8-6-2/h41-44,49-50H,5-36,45-48H2,1-4H3,(H,60,61)(H,62,63). The highest BCUT2D eigenvalue weighted by atomic mass is 16.5. The third-order valence-electron chi connectivity index (χ3n) is 13.0. The van der Waals surface area contributed by atoms with Crippen molar-refractivity contribution >= 4 is 11.9 Å². The van der Waals surface area contributed by atoms with E-state index in [-0.39, 0.29) is 24.3 Å². The summed E-state index contributed by atoms with van der Waals surface area (Å²) < 4.78 is 11.6.